The Labute approximate surface area is 140 Å². The topological polar surface area (TPSA) is 88.7 Å². The predicted octanol–water partition coefficient (Wildman–Crippen LogP) is 2.13. The lowest BCUT2D eigenvalue weighted by Crippen LogP contribution is -2.28. The fraction of sp³-hybridized carbons (Fsp3) is 0.333. The number of aryl methyl sites for hydroxylation is 1. The summed E-state index contributed by atoms with van der Waals surface area (Å²) in [7, 11) is 1.89. The third-order valence-corrected chi connectivity index (χ3v) is 4.85. The smallest absolute Gasteiger partial charge is 0.250 e. The number of rotatable bonds is 3. The van der Waals surface area contributed by atoms with Gasteiger partial charge in [0.25, 0.3) is 5.91 Å². The number of benzene rings is 1. The number of hydrogen-bond donors (Lipinski definition) is 3. The molecule has 4 N–H and O–H groups in total. The highest BCUT2D eigenvalue weighted by molar-refractivity contribution is 6.07. The van der Waals surface area contributed by atoms with Crippen LogP contribution in [0.4, 0.5) is 0 Å². The minimum atomic E-state index is -0.409. The van der Waals surface area contributed by atoms with E-state index in [-0.39, 0.29) is 0 Å². The molecule has 2 aromatic heterocycles. The molecule has 0 unspecified atom stereocenters. The molecule has 6 nitrogen and oxygen atoms in total. The average Bonchev–Trinajstić information content (AvgIpc) is 3.20. The SMILES string of the molecule is Cn1cc(-c2cc3c([C@@H]4CCCNC4)ccc(C(N)=O)c3[nH]2)cn1. The molecule has 1 fully saturated rings. The van der Waals surface area contributed by atoms with Gasteiger partial charge < -0.3 is 16.0 Å². The van der Waals surface area contributed by atoms with Gasteiger partial charge in [0.1, 0.15) is 0 Å². The quantitative estimate of drug-likeness (QED) is 0.690. The molecule has 0 saturated carbocycles. The van der Waals surface area contributed by atoms with Gasteiger partial charge in [-0.2, -0.15) is 5.10 Å². The van der Waals surface area contributed by atoms with E-state index in [9.17, 15) is 4.79 Å². The van der Waals surface area contributed by atoms with E-state index >= 15 is 0 Å². The van der Waals surface area contributed by atoms with Crippen molar-refractivity contribution < 1.29 is 4.79 Å². The summed E-state index contributed by atoms with van der Waals surface area (Å²) in [5, 5.41) is 8.77. The number of nitrogens with one attached hydrogen (secondary N) is 2. The zero-order valence-corrected chi connectivity index (χ0v) is 13.7. The Bertz CT molecular complexity index is 901. The number of fused-ring (bicyclic) bond motifs is 1. The van der Waals surface area contributed by atoms with Crippen LogP contribution in [0.5, 0.6) is 0 Å². The molecule has 3 aromatic rings. The molecule has 1 atom stereocenters. The zero-order valence-electron chi connectivity index (χ0n) is 13.7. The van der Waals surface area contributed by atoms with E-state index in [2.05, 4.69) is 27.5 Å². The van der Waals surface area contributed by atoms with Gasteiger partial charge in [0.05, 0.1) is 17.3 Å². The lowest BCUT2D eigenvalue weighted by Gasteiger charge is -2.24. The van der Waals surface area contributed by atoms with E-state index in [0.29, 0.717) is 11.5 Å². The molecule has 1 aliphatic heterocycles. The van der Waals surface area contributed by atoms with Gasteiger partial charge in [0.2, 0.25) is 0 Å². The first-order chi connectivity index (χ1) is 11.6. The fourth-order valence-corrected chi connectivity index (χ4v) is 3.64. The van der Waals surface area contributed by atoms with Gasteiger partial charge in [-0.1, -0.05) is 6.07 Å². The van der Waals surface area contributed by atoms with Gasteiger partial charge in [-0.15, -0.1) is 0 Å². The van der Waals surface area contributed by atoms with Crippen LogP contribution in [0.15, 0.2) is 30.6 Å². The second-order valence-electron chi connectivity index (χ2n) is 6.48. The summed E-state index contributed by atoms with van der Waals surface area (Å²) in [6.45, 7) is 2.05. The van der Waals surface area contributed by atoms with Crippen molar-refractivity contribution in [3.05, 3.63) is 41.7 Å². The van der Waals surface area contributed by atoms with Gasteiger partial charge in [0, 0.05) is 36.4 Å². The molecular formula is C18H21N5O. The second-order valence-corrected chi connectivity index (χ2v) is 6.48. The van der Waals surface area contributed by atoms with Crippen molar-refractivity contribution in [1.82, 2.24) is 20.1 Å². The minimum Gasteiger partial charge on any atom is -0.366 e. The Morgan fingerprint density at radius 2 is 2.29 bits per heavy atom. The van der Waals surface area contributed by atoms with Crippen LogP contribution in [0.2, 0.25) is 0 Å². The van der Waals surface area contributed by atoms with Crippen molar-refractivity contribution in [2.75, 3.05) is 13.1 Å². The summed E-state index contributed by atoms with van der Waals surface area (Å²) in [6.07, 6.45) is 6.10. The van der Waals surface area contributed by atoms with Crippen LogP contribution in [-0.4, -0.2) is 33.8 Å². The molecule has 1 aliphatic rings. The van der Waals surface area contributed by atoms with Crippen molar-refractivity contribution in [2.45, 2.75) is 18.8 Å². The van der Waals surface area contributed by atoms with Gasteiger partial charge in [0.15, 0.2) is 0 Å². The van der Waals surface area contributed by atoms with Gasteiger partial charge in [-0.25, -0.2) is 0 Å². The lowest BCUT2D eigenvalue weighted by atomic mass is 9.88. The highest BCUT2D eigenvalue weighted by Crippen LogP contribution is 2.34. The third kappa shape index (κ3) is 2.49. The first-order valence-electron chi connectivity index (χ1n) is 8.28. The maximum absolute atomic E-state index is 11.8. The number of carbonyl (C=O) groups is 1. The van der Waals surface area contributed by atoms with Crippen LogP contribution in [-0.2, 0) is 7.05 Å². The number of H-pyrrole nitrogens is 1. The average molecular weight is 323 g/mol. The van der Waals surface area contributed by atoms with Crippen LogP contribution in [0, 0.1) is 0 Å². The van der Waals surface area contributed by atoms with Crippen molar-refractivity contribution >= 4 is 16.8 Å². The van der Waals surface area contributed by atoms with E-state index in [1.807, 2.05) is 25.5 Å². The van der Waals surface area contributed by atoms with E-state index in [4.69, 9.17) is 5.73 Å². The first-order valence-corrected chi connectivity index (χ1v) is 8.28. The zero-order chi connectivity index (χ0) is 16.7. The Morgan fingerprint density at radius 1 is 1.42 bits per heavy atom. The van der Waals surface area contributed by atoms with E-state index in [1.54, 1.807) is 4.68 Å². The molecule has 0 radical (unpaired) electrons. The molecule has 4 rings (SSSR count). The molecule has 1 saturated heterocycles. The van der Waals surface area contributed by atoms with Gasteiger partial charge >= 0.3 is 0 Å². The maximum atomic E-state index is 11.8. The van der Waals surface area contributed by atoms with E-state index < -0.39 is 5.91 Å². The van der Waals surface area contributed by atoms with Crippen LogP contribution in [0.1, 0.15) is 34.7 Å². The number of nitrogens with zero attached hydrogens (tertiary/aromatic N) is 2. The standard InChI is InChI=1S/C18H21N5O/c1-23-10-12(9-21-23)16-7-15-13(11-3-2-6-20-8-11)4-5-14(18(19)24)17(15)22-16/h4-5,7,9-11,20,22H,2-3,6,8H2,1H3,(H2,19,24)/t11-/m1/s1. The highest BCUT2D eigenvalue weighted by atomic mass is 16.1. The number of amides is 1. The first kappa shape index (κ1) is 15.0. The Morgan fingerprint density at radius 3 is 2.96 bits per heavy atom. The molecule has 0 bridgehead atoms. The van der Waals surface area contributed by atoms with Crippen LogP contribution in [0.3, 0.4) is 0 Å². The number of nitrogens with two attached hydrogens (primary N) is 1. The Hall–Kier alpha value is -2.60. The lowest BCUT2D eigenvalue weighted by molar-refractivity contribution is 0.100. The van der Waals surface area contributed by atoms with Crippen molar-refractivity contribution in [3.63, 3.8) is 0 Å². The predicted molar refractivity (Wildman–Crippen MR) is 93.9 cm³/mol. The normalized spacial score (nSPS) is 18.1. The highest BCUT2D eigenvalue weighted by Gasteiger charge is 2.21. The number of primary amides is 1. The fourth-order valence-electron chi connectivity index (χ4n) is 3.64. The molecule has 1 amide bonds. The summed E-state index contributed by atoms with van der Waals surface area (Å²) in [4.78, 5) is 15.2. The summed E-state index contributed by atoms with van der Waals surface area (Å²) >= 11 is 0. The van der Waals surface area contributed by atoms with Crippen molar-refractivity contribution in [3.8, 4) is 11.3 Å². The second kappa shape index (κ2) is 5.79. The molecule has 124 valence electrons. The van der Waals surface area contributed by atoms with Gasteiger partial charge in [-0.3, -0.25) is 9.48 Å². The van der Waals surface area contributed by atoms with Gasteiger partial charge in [-0.05, 0) is 43.0 Å². The van der Waals surface area contributed by atoms with Crippen molar-refractivity contribution in [1.29, 1.82) is 0 Å². The Balaban J connectivity index is 1.89. The summed E-state index contributed by atoms with van der Waals surface area (Å²) in [5.41, 5.74) is 10.2. The monoisotopic (exact) mass is 323 g/mol. The largest absolute Gasteiger partial charge is 0.366 e. The minimum absolute atomic E-state index is 0.409. The third-order valence-electron chi connectivity index (χ3n) is 4.85. The summed E-state index contributed by atoms with van der Waals surface area (Å²) in [5.74, 6) is 0.0497. The maximum Gasteiger partial charge on any atom is 0.250 e. The van der Waals surface area contributed by atoms with Crippen LogP contribution < -0.4 is 11.1 Å². The number of carbonyl (C=O) groups excluding carboxylic acids is 1. The number of aromatic amines is 1. The number of piperidine rings is 1. The number of hydrogen-bond acceptors (Lipinski definition) is 3. The molecule has 0 aliphatic carbocycles. The van der Waals surface area contributed by atoms with E-state index in [1.165, 1.54) is 12.0 Å². The molecule has 6 heteroatoms. The van der Waals surface area contributed by atoms with Crippen LogP contribution in [0.25, 0.3) is 22.2 Å². The molecule has 3 heterocycles. The Kier molecular flexibility index (Phi) is 3.61. The molecular weight excluding hydrogens is 302 g/mol. The van der Waals surface area contributed by atoms with Crippen LogP contribution >= 0.6 is 0 Å². The molecule has 1 aromatic carbocycles. The molecule has 24 heavy (non-hydrogen) atoms. The van der Waals surface area contributed by atoms with Crippen molar-refractivity contribution in [2.24, 2.45) is 12.8 Å². The summed E-state index contributed by atoms with van der Waals surface area (Å²) in [6, 6.07) is 6.02. The van der Waals surface area contributed by atoms with E-state index in [0.717, 1.165) is 41.7 Å². The number of aromatic nitrogens is 3. The summed E-state index contributed by atoms with van der Waals surface area (Å²) < 4.78 is 1.77. The molecule has 0 spiro atoms.